The second kappa shape index (κ2) is 10.7. The normalized spacial score (nSPS) is 15.4. The highest BCUT2D eigenvalue weighted by molar-refractivity contribution is 5.87. The molecule has 2 N–H and O–H groups in total. The van der Waals surface area contributed by atoms with Crippen LogP contribution in [-0.2, 0) is 6.18 Å². The molecule has 0 unspecified atom stereocenters. The van der Waals surface area contributed by atoms with E-state index in [0.29, 0.717) is 11.3 Å². The monoisotopic (exact) mass is 503 g/mol. The molecule has 0 radical (unpaired) electrons. The molecular formula is C29H28F3N5. The lowest BCUT2D eigenvalue weighted by Gasteiger charge is -2.23. The van der Waals surface area contributed by atoms with Gasteiger partial charge in [0.05, 0.1) is 23.1 Å². The minimum atomic E-state index is -4.45. The van der Waals surface area contributed by atoms with Crippen LogP contribution in [0.4, 0.5) is 18.9 Å². The molecule has 4 aromatic rings. The maximum atomic E-state index is 13.5. The Balaban J connectivity index is 1.62. The van der Waals surface area contributed by atoms with Crippen molar-refractivity contribution in [2.75, 3.05) is 18.4 Å². The largest absolute Gasteiger partial charge is 0.416 e. The lowest BCUT2D eigenvalue weighted by Crippen LogP contribution is -2.27. The molecule has 0 bridgehead atoms. The zero-order valence-corrected chi connectivity index (χ0v) is 20.5. The summed E-state index contributed by atoms with van der Waals surface area (Å²) >= 11 is 0. The number of nitrogens with one attached hydrogen (secondary N) is 2. The summed E-state index contributed by atoms with van der Waals surface area (Å²) in [4.78, 5) is 4.32. The summed E-state index contributed by atoms with van der Waals surface area (Å²) in [6.07, 6.45) is 0.851. The number of aromatic nitrogens is 3. The van der Waals surface area contributed by atoms with Gasteiger partial charge in [0, 0.05) is 34.8 Å². The fourth-order valence-corrected chi connectivity index (χ4v) is 4.79. The highest BCUT2D eigenvalue weighted by Gasteiger charge is 2.31. The number of pyridine rings is 1. The topological polar surface area (TPSA) is 62.7 Å². The fourth-order valence-electron chi connectivity index (χ4n) is 4.79. The summed E-state index contributed by atoms with van der Waals surface area (Å²) in [7, 11) is 0. The second-order valence-electron chi connectivity index (χ2n) is 9.33. The first kappa shape index (κ1) is 24.9. The zero-order valence-electron chi connectivity index (χ0n) is 20.5. The van der Waals surface area contributed by atoms with Gasteiger partial charge in [-0.1, -0.05) is 42.5 Å². The van der Waals surface area contributed by atoms with Gasteiger partial charge in [-0.2, -0.15) is 18.3 Å². The van der Waals surface area contributed by atoms with Crippen LogP contribution in [0, 0.1) is 0 Å². The van der Waals surface area contributed by atoms with Crippen molar-refractivity contribution in [3.8, 4) is 22.4 Å². The van der Waals surface area contributed by atoms with E-state index in [1.807, 2.05) is 42.5 Å². The Kier molecular flexibility index (Phi) is 7.19. The van der Waals surface area contributed by atoms with Gasteiger partial charge in [-0.3, -0.25) is 4.98 Å². The SMILES string of the molecule is C[C@H](Nc1cnccc1-c1cc(C2CCNCC2)nnc1-c1cccc(C(F)(F)F)c1)c1ccccc1. The van der Waals surface area contributed by atoms with Gasteiger partial charge >= 0.3 is 6.18 Å². The number of piperidine rings is 1. The average molecular weight is 504 g/mol. The van der Waals surface area contributed by atoms with Crippen molar-refractivity contribution >= 4 is 5.69 Å². The Labute approximate surface area is 214 Å². The minimum Gasteiger partial charge on any atom is -0.377 e. The predicted molar refractivity (Wildman–Crippen MR) is 139 cm³/mol. The number of alkyl halides is 3. The number of nitrogens with zero attached hydrogens (tertiary/aromatic N) is 3. The molecule has 1 aliphatic heterocycles. The van der Waals surface area contributed by atoms with Crippen LogP contribution in [0.1, 0.15) is 48.5 Å². The lowest BCUT2D eigenvalue weighted by molar-refractivity contribution is -0.137. The maximum absolute atomic E-state index is 13.5. The minimum absolute atomic E-state index is 0.0140. The molecule has 8 heteroatoms. The summed E-state index contributed by atoms with van der Waals surface area (Å²) < 4.78 is 40.6. The molecule has 0 amide bonds. The first-order chi connectivity index (χ1) is 17.9. The predicted octanol–water partition coefficient (Wildman–Crippen LogP) is 6.86. The maximum Gasteiger partial charge on any atom is 0.416 e. The number of hydrogen-bond acceptors (Lipinski definition) is 5. The van der Waals surface area contributed by atoms with Gasteiger partial charge in [-0.05, 0) is 62.7 Å². The number of hydrogen-bond donors (Lipinski definition) is 2. The van der Waals surface area contributed by atoms with E-state index < -0.39 is 11.7 Å². The van der Waals surface area contributed by atoms with Crippen LogP contribution in [0.25, 0.3) is 22.4 Å². The van der Waals surface area contributed by atoms with Gasteiger partial charge in [0.25, 0.3) is 0 Å². The smallest absolute Gasteiger partial charge is 0.377 e. The average Bonchev–Trinajstić information content (AvgIpc) is 2.93. The molecule has 5 nitrogen and oxygen atoms in total. The third-order valence-corrected chi connectivity index (χ3v) is 6.82. The highest BCUT2D eigenvalue weighted by Crippen LogP contribution is 2.39. The Bertz CT molecular complexity index is 1350. The van der Waals surface area contributed by atoms with E-state index in [2.05, 4.69) is 32.7 Å². The van der Waals surface area contributed by atoms with Crippen LogP contribution in [0.5, 0.6) is 0 Å². The van der Waals surface area contributed by atoms with Gasteiger partial charge in [0.1, 0.15) is 5.69 Å². The number of anilines is 1. The number of halogens is 3. The molecule has 37 heavy (non-hydrogen) atoms. The third kappa shape index (κ3) is 5.64. The van der Waals surface area contributed by atoms with E-state index in [0.717, 1.165) is 66.1 Å². The number of rotatable bonds is 6. The summed E-state index contributed by atoms with van der Waals surface area (Å²) in [5.74, 6) is 0.240. The molecule has 1 aliphatic rings. The third-order valence-electron chi connectivity index (χ3n) is 6.82. The van der Waals surface area contributed by atoms with Crippen molar-refractivity contribution in [1.29, 1.82) is 0 Å². The van der Waals surface area contributed by atoms with Crippen molar-refractivity contribution in [2.45, 2.75) is 37.9 Å². The van der Waals surface area contributed by atoms with Crippen molar-refractivity contribution in [3.05, 3.63) is 95.9 Å². The molecule has 0 spiro atoms. The van der Waals surface area contributed by atoms with Gasteiger partial charge < -0.3 is 10.6 Å². The molecule has 0 aliphatic carbocycles. The first-order valence-corrected chi connectivity index (χ1v) is 12.4. The zero-order chi connectivity index (χ0) is 25.8. The van der Waals surface area contributed by atoms with Crippen molar-refractivity contribution in [3.63, 3.8) is 0 Å². The van der Waals surface area contributed by atoms with Gasteiger partial charge in [0.2, 0.25) is 0 Å². The van der Waals surface area contributed by atoms with Crippen molar-refractivity contribution in [2.24, 2.45) is 0 Å². The van der Waals surface area contributed by atoms with Gasteiger partial charge in [-0.25, -0.2) is 0 Å². The Hall–Kier alpha value is -3.78. The van der Waals surface area contributed by atoms with E-state index in [9.17, 15) is 13.2 Å². The lowest BCUT2D eigenvalue weighted by atomic mass is 9.91. The Morgan fingerprint density at radius 1 is 0.919 bits per heavy atom. The molecule has 3 heterocycles. The Morgan fingerprint density at radius 3 is 2.46 bits per heavy atom. The summed E-state index contributed by atoms with van der Waals surface area (Å²) in [6.45, 7) is 3.85. The van der Waals surface area contributed by atoms with E-state index in [-0.39, 0.29) is 12.0 Å². The van der Waals surface area contributed by atoms with Crippen LogP contribution >= 0.6 is 0 Å². The van der Waals surface area contributed by atoms with Gasteiger partial charge in [-0.15, -0.1) is 5.10 Å². The molecule has 2 aromatic carbocycles. The Morgan fingerprint density at radius 2 is 1.70 bits per heavy atom. The summed E-state index contributed by atoms with van der Waals surface area (Å²) in [5, 5.41) is 15.9. The highest BCUT2D eigenvalue weighted by atomic mass is 19.4. The van der Waals surface area contributed by atoms with Crippen LogP contribution < -0.4 is 10.6 Å². The molecule has 5 rings (SSSR count). The molecule has 1 fully saturated rings. The molecule has 1 atom stereocenters. The standard InChI is InChI=1S/C29H28F3N5/c1-19(20-6-3-2-4-7-20)35-27-18-34-15-12-24(27)25-17-26(21-10-13-33-14-11-21)36-37-28(25)22-8-5-9-23(16-22)29(30,31)32/h2-9,12,15-19,21,33,35H,10-11,13-14H2,1H3/t19-/m0/s1. The quantitative estimate of drug-likeness (QED) is 0.301. The second-order valence-corrected chi connectivity index (χ2v) is 9.33. The van der Waals surface area contributed by atoms with Crippen LogP contribution in [0.2, 0.25) is 0 Å². The van der Waals surface area contributed by atoms with Gasteiger partial charge in [0.15, 0.2) is 0 Å². The van der Waals surface area contributed by atoms with Crippen molar-refractivity contribution < 1.29 is 13.2 Å². The van der Waals surface area contributed by atoms with Crippen LogP contribution in [0.15, 0.2) is 79.1 Å². The molecule has 190 valence electrons. The van der Waals surface area contributed by atoms with E-state index >= 15 is 0 Å². The van der Waals surface area contributed by atoms with E-state index in [1.54, 1.807) is 18.5 Å². The summed E-state index contributed by atoms with van der Waals surface area (Å²) in [6, 6.07) is 19.2. The van der Waals surface area contributed by atoms with E-state index in [1.165, 1.54) is 6.07 Å². The fraction of sp³-hybridized carbons (Fsp3) is 0.276. The molecular weight excluding hydrogens is 475 g/mol. The van der Waals surface area contributed by atoms with Crippen LogP contribution in [-0.4, -0.2) is 28.3 Å². The van der Waals surface area contributed by atoms with E-state index in [4.69, 9.17) is 0 Å². The first-order valence-electron chi connectivity index (χ1n) is 12.4. The van der Waals surface area contributed by atoms with Crippen LogP contribution in [0.3, 0.4) is 0 Å². The molecule has 1 saturated heterocycles. The molecule has 0 saturated carbocycles. The summed E-state index contributed by atoms with van der Waals surface area (Å²) in [5.41, 5.74) is 4.34. The van der Waals surface area contributed by atoms with Crippen molar-refractivity contribution in [1.82, 2.24) is 20.5 Å². The molecule has 2 aromatic heterocycles. The number of benzene rings is 2.